The van der Waals surface area contributed by atoms with E-state index in [9.17, 15) is 0 Å². The second-order valence-corrected chi connectivity index (χ2v) is 11.8. The molecule has 0 bridgehead atoms. The topological polar surface area (TPSA) is 41.9 Å². The fourth-order valence-corrected chi connectivity index (χ4v) is 6.69. The summed E-state index contributed by atoms with van der Waals surface area (Å²) >= 11 is 0. The van der Waals surface area contributed by atoms with Crippen molar-refractivity contribution >= 4 is 17.1 Å². The Morgan fingerprint density at radius 3 is 1.76 bits per heavy atom. The predicted molar refractivity (Wildman–Crippen MR) is 200 cm³/mol. The van der Waals surface area contributed by atoms with E-state index in [1.54, 1.807) is 6.20 Å². The van der Waals surface area contributed by atoms with Crippen LogP contribution in [-0.4, -0.2) is 15.0 Å². The number of anilines is 3. The van der Waals surface area contributed by atoms with Gasteiger partial charge in [-0.05, 0) is 59.4 Å². The van der Waals surface area contributed by atoms with Gasteiger partial charge in [-0.2, -0.15) is 18.2 Å². The molecule has 0 aliphatic carbocycles. The number of pyridine rings is 3. The van der Waals surface area contributed by atoms with Gasteiger partial charge in [-0.15, -0.1) is 83.4 Å². The molecule has 0 amide bonds. The van der Waals surface area contributed by atoms with E-state index in [-0.39, 0.29) is 20.1 Å². The Hall–Kier alpha value is -6.00. The van der Waals surface area contributed by atoms with Crippen LogP contribution in [0.3, 0.4) is 0 Å². The van der Waals surface area contributed by atoms with Gasteiger partial charge >= 0.3 is 20.1 Å². The van der Waals surface area contributed by atoms with Crippen LogP contribution in [0, 0.1) is 18.2 Å². The molecular weight excluding hydrogens is 801 g/mol. The van der Waals surface area contributed by atoms with Crippen molar-refractivity contribution in [1.29, 1.82) is 0 Å². The quantitative estimate of drug-likeness (QED) is 0.162. The van der Waals surface area contributed by atoms with Gasteiger partial charge in [-0.1, -0.05) is 72.4 Å². The molecule has 1 aliphatic heterocycles. The first-order valence-electron chi connectivity index (χ1n) is 16.5. The van der Waals surface area contributed by atoms with E-state index in [2.05, 4.69) is 107 Å². The maximum Gasteiger partial charge on any atom is 3.00 e. The van der Waals surface area contributed by atoms with Gasteiger partial charge in [0.2, 0.25) is 0 Å². The minimum absolute atomic E-state index is 0. The standard InChI is InChI=1S/C35H23N3.C11H8N.Ir/c1-3-14-26(15-4-1)30-20-13-24-34(37-30)35(33-23-11-12-25-36-33)28-18-7-9-21-31(28)38(27-16-5-2-6-17-27)32-22-10-8-19-29(32)35;1-2-6-10(7-3-1)11-8-4-5-9-12-11;/h1-14,16-18,20-25H;1-6,8-9H;/q-2;-1;+3/t35-;;/m0../s1. The molecule has 51 heavy (non-hydrogen) atoms. The molecular formula is C46H31IrN4. The number of hydrogen-bond acceptors (Lipinski definition) is 4. The van der Waals surface area contributed by atoms with Gasteiger partial charge < -0.3 is 9.88 Å². The summed E-state index contributed by atoms with van der Waals surface area (Å²) in [6.07, 6.45) is 3.65. The Balaban J connectivity index is 0.000000265. The molecule has 0 radical (unpaired) electrons. The maximum atomic E-state index is 5.30. The Labute approximate surface area is 312 Å². The van der Waals surface area contributed by atoms with Crippen molar-refractivity contribution in [1.82, 2.24) is 15.0 Å². The van der Waals surface area contributed by atoms with Crippen LogP contribution >= 0.6 is 0 Å². The Morgan fingerprint density at radius 2 is 1.06 bits per heavy atom. The summed E-state index contributed by atoms with van der Waals surface area (Å²) in [6.45, 7) is 0. The van der Waals surface area contributed by atoms with E-state index < -0.39 is 5.41 Å². The molecule has 0 N–H and O–H groups in total. The molecule has 0 unspecified atom stereocenters. The Bertz CT molecular complexity index is 2230. The second kappa shape index (κ2) is 15.3. The molecule has 0 saturated carbocycles. The first kappa shape index (κ1) is 33.5. The average Bonchev–Trinajstić information content (AvgIpc) is 3.22. The number of nitrogens with zero attached hydrogens (tertiary/aromatic N) is 4. The average molecular weight is 832 g/mol. The van der Waals surface area contributed by atoms with E-state index >= 15 is 0 Å². The van der Waals surface area contributed by atoms with Crippen molar-refractivity contribution < 1.29 is 20.1 Å². The van der Waals surface area contributed by atoms with Gasteiger partial charge in [-0.3, -0.25) is 9.97 Å². The normalized spacial score (nSPS) is 14.2. The van der Waals surface area contributed by atoms with Crippen LogP contribution < -0.4 is 4.90 Å². The fraction of sp³-hybridized carbons (Fsp3) is 0.0217. The van der Waals surface area contributed by atoms with Crippen LogP contribution in [0.4, 0.5) is 17.1 Å². The fourth-order valence-electron chi connectivity index (χ4n) is 6.69. The monoisotopic (exact) mass is 832 g/mol. The zero-order chi connectivity index (χ0) is 33.6. The van der Waals surface area contributed by atoms with E-state index in [4.69, 9.17) is 9.97 Å². The molecule has 5 aromatic carbocycles. The van der Waals surface area contributed by atoms with Crippen LogP contribution in [-0.2, 0) is 25.5 Å². The summed E-state index contributed by atoms with van der Waals surface area (Å²) in [6, 6.07) is 69.4. The first-order valence-corrected chi connectivity index (χ1v) is 16.5. The summed E-state index contributed by atoms with van der Waals surface area (Å²) in [5, 5.41) is 0. The molecule has 4 heterocycles. The molecule has 9 rings (SSSR count). The molecule has 5 heteroatoms. The zero-order valence-corrected chi connectivity index (χ0v) is 29.9. The Morgan fingerprint density at radius 1 is 0.451 bits per heavy atom. The van der Waals surface area contributed by atoms with Crippen molar-refractivity contribution in [3.63, 3.8) is 0 Å². The minimum Gasteiger partial charge on any atom is -0.365 e. The third kappa shape index (κ3) is 6.41. The van der Waals surface area contributed by atoms with Crippen LogP contribution in [0.25, 0.3) is 22.5 Å². The smallest absolute Gasteiger partial charge is 0.365 e. The zero-order valence-electron chi connectivity index (χ0n) is 27.5. The molecule has 1 aliphatic rings. The van der Waals surface area contributed by atoms with Crippen molar-refractivity contribution in [3.8, 4) is 22.5 Å². The summed E-state index contributed by atoms with van der Waals surface area (Å²) in [5.41, 5.74) is 10.2. The van der Waals surface area contributed by atoms with Crippen molar-refractivity contribution in [2.45, 2.75) is 5.41 Å². The molecule has 8 aromatic rings. The maximum absolute atomic E-state index is 5.30. The molecule has 3 aromatic heterocycles. The molecule has 244 valence electrons. The van der Waals surface area contributed by atoms with E-state index in [0.717, 1.165) is 62.1 Å². The largest absolute Gasteiger partial charge is 3.00 e. The van der Waals surface area contributed by atoms with Gasteiger partial charge in [0.1, 0.15) is 0 Å². The number of rotatable bonds is 5. The van der Waals surface area contributed by atoms with Crippen LogP contribution in [0.15, 0.2) is 188 Å². The first-order chi connectivity index (χ1) is 24.8. The predicted octanol–water partition coefficient (Wildman–Crippen LogP) is 10.5. The molecule has 0 saturated heterocycles. The van der Waals surface area contributed by atoms with Crippen molar-refractivity contribution in [2.24, 2.45) is 0 Å². The van der Waals surface area contributed by atoms with E-state index in [1.165, 1.54) is 0 Å². The molecule has 4 nitrogen and oxygen atoms in total. The molecule has 1 atom stereocenters. The van der Waals surface area contributed by atoms with Crippen molar-refractivity contribution in [3.05, 3.63) is 229 Å². The van der Waals surface area contributed by atoms with Gasteiger partial charge in [0.05, 0.1) is 11.1 Å². The second-order valence-electron chi connectivity index (χ2n) is 11.8. The summed E-state index contributed by atoms with van der Waals surface area (Å²) in [5.74, 6) is 0. The van der Waals surface area contributed by atoms with Gasteiger partial charge in [-0.25, -0.2) is 0 Å². The minimum atomic E-state index is -0.773. The van der Waals surface area contributed by atoms with Crippen LogP contribution in [0.1, 0.15) is 22.5 Å². The number of hydrogen-bond donors (Lipinski definition) is 0. The van der Waals surface area contributed by atoms with E-state index in [0.29, 0.717) is 0 Å². The van der Waals surface area contributed by atoms with E-state index in [1.807, 2.05) is 103 Å². The third-order valence-corrected chi connectivity index (χ3v) is 8.83. The molecule has 0 spiro atoms. The van der Waals surface area contributed by atoms with Gasteiger partial charge in [0, 0.05) is 29.5 Å². The van der Waals surface area contributed by atoms with Crippen LogP contribution in [0.5, 0.6) is 0 Å². The number of fused-ring (bicyclic) bond motifs is 2. The van der Waals surface area contributed by atoms with Crippen molar-refractivity contribution in [2.75, 3.05) is 4.90 Å². The number of benzene rings is 5. The third-order valence-electron chi connectivity index (χ3n) is 8.83. The summed E-state index contributed by atoms with van der Waals surface area (Å²) in [7, 11) is 0. The summed E-state index contributed by atoms with van der Waals surface area (Å²) < 4.78 is 0. The Kier molecular flexibility index (Phi) is 10.0. The number of para-hydroxylation sites is 2. The number of aromatic nitrogens is 3. The van der Waals surface area contributed by atoms with Crippen LogP contribution in [0.2, 0.25) is 0 Å². The summed E-state index contributed by atoms with van der Waals surface area (Å²) in [4.78, 5) is 16.8. The van der Waals surface area contributed by atoms with Gasteiger partial charge in [0.25, 0.3) is 0 Å². The van der Waals surface area contributed by atoms with Gasteiger partial charge in [0.15, 0.2) is 0 Å². The SMILES string of the molecule is [Ir+3].[c-]1ccccc1-c1cccc([C@]2(c3ccccn3)c3[c-]cccc3N(c3ccccc3)c3ccccc32)n1.[c-]1ccccc1-c1ccccn1. The molecule has 0 fully saturated rings.